The second-order valence-electron chi connectivity index (χ2n) is 15.5. The van der Waals surface area contributed by atoms with E-state index in [0.29, 0.717) is 13.0 Å². The largest absolute Gasteiger partial charge is 0.457 e. The van der Waals surface area contributed by atoms with Gasteiger partial charge in [-0.05, 0) is 77.0 Å². The van der Waals surface area contributed by atoms with Gasteiger partial charge in [0.05, 0.1) is 19.8 Å². The molecule has 0 spiro atoms. The molecule has 0 bridgehead atoms. The highest BCUT2D eigenvalue weighted by molar-refractivity contribution is 5.69. The van der Waals surface area contributed by atoms with E-state index in [2.05, 4.69) is 62.5 Å². The SMILES string of the molecule is CCCCC/C=C\C/C=C\C/C=C\CCCCCCCCCOCC(COC1OC(CO)C(O)C(O)C1O)OC(=O)CCCCCCC/C=C\CCCCCC. The normalized spacial score (nSPS) is 21.0. The Morgan fingerprint density at radius 3 is 1.61 bits per heavy atom. The molecule has 0 amide bonds. The van der Waals surface area contributed by atoms with Crippen LogP contribution < -0.4 is 0 Å². The van der Waals surface area contributed by atoms with Gasteiger partial charge in [0.2, 0.25) is 0 Å². The van der Waals surface area contributed by atoms with Crippen molar-refractivity contribution in [1.82, 2.24) is 0 Å². The van der Waals surface area contributed by atoms with Crippen LogP contribution in [0.2, 0.25) is 0 Å². The van der Waals surface area contributed by atoms with Gasteiger partial charge in [-0.15, -0.1) is 0 Å². The first kappa shape index (κ1) is 52.2. The summed E-state index contributed by atoms with van der Waals surface area (Å²) < 4.78 is 22.8. The lowest BCUT2D eigenvalue weighted by Crippen LogP contribution is -2.59. The highest BCUT2D eigenvalue weighted by Crippen LogP contribution is 2.22. The molecule has 1 heterocycles. The van der Waals surface area contributed by atoms with Gasteiger partial charge in [0, 0.05) is 13.0 Å². The van der Waals surface area contributed by atoms with Crippen molar-refractivity contribution in [3.8, 4) is 0 Å². The van der Waals surface area contributed by atoms with E-state index in [1.165, 1.54) is 89.9 Å². The first-order chi connectivity index (χ1) is 27.4. The lowest BCUT2D eigenvalue weighted by molar-refractivity contribution is -0.305. The molecule has 0 radical (unpaired) electrons. The summed E-state index contributed by atoms with van der Waals surface area (Å²) in [5, 5.41) is 40.1. The van der Waals surface area contributed by atoms with Gasteiger partial charge in [-0.2, -0.15) is 0 Å². The smallest absolute Gasteiger partial charge is 0.306 e. The molecule has 1 rings (SSSR count). The third-order valence-corrected chi connectivity index (χ3v) is 10.2. The molecule has 0 aromatic heterocycles. The molecule has 6 atom stereocenters. The summed E-state index contributed by atoms with van der Waals surface area (Å²) >= 11 is 0. The van der Waals surface area contributed by atoms with Crippen LogP contribution in [0.4, 0.5) is 0 Å². The molecule has 56 heavy (non-hydrogen) atoms. The first-order valence-electron chi connectivity index (χ1n) is 22.7. The van der Waals surface area contributed by atoms with Gasteiger partial charge in [-0.1, -0.05) is 146 Å². The second kappa shape index (κ2) is 38.7. The van der Waals surface area contributed by atoms with Crippen LogP contribution in [0.3, 0.4) is 0 Å². The van der Waals surface area contributed by atoms with E-state index >= 15 is 0 Å². The number of rotatable bonds is 38. The minimum atomic E-state index is -1.54. The van der Waals surface area contributed by atoms with Crippen molar-refractivity contribution in [3.63, 3.8) is 0 Å². The van der Waals surface area contributed by atoms with E-state index in [9.17, 15) is 25.2 Å². The van der Waals surface area contributed by atoms with Gasteiger partial charge in [0.25, 0.3) is 0 Å². The van der Waals surface area contributed by atoms with Gasteiger partial charge in [0.15, 0.2) is 6.29 Å². The summed E-state index contributed by atoms with van der Waals surface area (Å²) in [5.41, 5.74) is 0. The fraction of sp³-hybridized carbons (Fsp3) is 0.809. The van der Waals surface area contributed by atoms with Gasteiger partial charge in [-0.25, -0.2) is 0 Å². The zero-order chi connectivity index (χ0) is 40.7. The molecule has 4 N–H and O–H groups in total. The maximum atomic E-state index is 12.7. The summed E-state index contributed by atoms with van der Waals surface area (Å²) in [4.78, 5) is 12.7. The highest BCUT2D eigenvalue weighted by atomic mass is 16.7. The zero-order valence-electron chi connectivity index (χ0n) is 35.6. The zero-order valence-corrected chi connectivity index (χ0v) is 35.6. The average molecular weight is 793 g/mol. The monoisotopic (exact) mass is 793 g/mol. The molecule has 1 fully saturated rings. The Morgan fingerprint density at radius 1 is 0.571 bits per heavy atom. The number of allylic oxidation sites excluding steroid dienone is 8. The van der Waals surface area contributed by atoms with Crippen molar-refractivity contribution in [2.45, 2.75) is 218 Å². The topological polar surface area (TPSA) is 135 Å². The van der Waals surface area contributed by atoms with Crippen LogP contribution >= 0.6 is 0 Å². The van der Waals surface area contributed by atoms with Crippen molar-refractivity contribution < 1.29 is 44.2 Å². The van der Waals surface area contributed by atoms with Crippen molar-refractivity contribution >= 4 is 5.97 Å². The molecule has 9 heteroatoms. The third-order valence-electron chi connectivity index (χ3n) is 10.2. The van der Waals surface area contributed by atoms with E-state index in [0.717, 1.165) is 70.6 Å². The Balaban J connectivity index is 2.26. The van der Waals surface area contributed by atoms with Gasteiger partial charge in [0.1, 0.15) is 30.5 Å². The number of ether oxygens (including phenoxy) is 4. The molecule has 0 aliphatic carbocycles. The standard InChI is InChI=1S/C47H84O9/c1-3-5-7-9-11-13-15-17-18-19-20-21-22-23-25-27-29-31-33-35-37-53-39-41(40-54-47-46(52)45(51)44(50)42(38-48)56-47)55-43(49)36-34-32-30-28-26-24-16-14-12-10-8-6-4-2/h11,13-14,16-18,20-21,41-42,44-48,50-52H,3-10,12,15,19,22-40H2,1-2H3/b13-11-,16-14-,18-17-,21-20-. The number of aliphatic hydroxyl groups is 4. The molecule has 9 nitrogen and oxygen atoms in total. The van der Waals surface area contributed by atoms with Crippen LogP contribution in [0.5, 0.6) is 0 Å². The molecule has 6 unspecified atom stereocenters. The van der Waals surface area contributed by atoms with Crippen LogP contribution in [0.1, 0.15) is 181 Å². The van der Waals surface area contributed by atoms with Gasteiger partial charge in [-0.3, -0.25) is 4.79 Å². The predicted molar refractivity (Wildman–Crippen MR) is 228 cm³/mol. The second-order valence-corrected chi connectivity index (χ2v) is 15.5. The number of carbonyl (C=O) groups excluding carboxylic acids is 1. The number of aliphatic hydroxyl groups excluding tert-OH is 4. The Hall–Kier alpha value is -1.85. The van der Waals surface area contributed by atoms with Crippen molar-refractivity contribution in [1.29, 1.82) is 0 Å². The Kier molecular flexibility index (Phi) is 36.0. The molecule has 0 aromatic rings. The fourth-order valence-corrected chi connectivity index (χ4v) is 6.61. The van der Waals surface area contributed by atoms with E-state index in [1.54, 1.807) is 0 Å². The van der Waals surface area contributed by atoms with Crippen LogP contribution in [0.25, 0.3) is 0 Å². The quantitative estimate of drug-likeness (QED) is 0.0274. The summed E-state index contributed by atoms with van der Waals surface area (Å²) in [7, 11) is 0. The minimum Gasteiger partial charge on any atom is -0.457 e. The van der Waals surface area contributed by atoms with Gasteiger partial charge < -0.3 is 39.4 Å². The number of carbonyl (C=O) groups is 1. The average Bonchev–Trinajstić information content (AvgIpc) is 3.20. The van der Waals surface area contributed by atoms with E-state index in [-0.39, 0.29) is 19.2 Å². The van der Waals surface area contributed by atoms with Crippen LogP contribution in [-0.4, -0.2) is 89.6 Å². The maximum Gasteiger partial charge on any atom is 0.306 e. The summed E-state index contributed by atoms with van der Waals surface area (Å²) in [6, 6.07) is 0. The molecular formula is C47H84O9. The van der Waals surface area contributed by atoms with Crippen molar-refractivity contribution in [3.05, 3.63) is 48.6 Å². The Morgan fingerprint density at radius 2 is 1.04 bits per heavy atom. The Bertz CT molecular complexity index is 994. The summed E-state index contributed by atoms with van der Waals surface area (Å²) in [5.74, 6) is -0.328. The molecule has 1 aliphatic rings. The highest BCUT2D eigenvalue weighted by Gasteiger charge is 2.44. The van der Waals surface area contributed by atoms with Gasteiger partial charge >= 0.3 is 5.97 Å². The number of esters is 1. The summed E-state index contributed by atoms with van der Waals surface area (Å²) in [6.45, 7) is 4.48. The van der Waals surface area contributed by atoms with E-state index in [4.69, 9.17) is 18.9 Å². The Labute approximate surface area is 342 Å². The summed E-state index contributed by atoms with van der Waals surface area (Å²) in [6.07, 6.45) is 39.9. The van der Waals surface area contributed by atoms with Crippen molar-refractivity contribution in [2.75, 3.05) is 26.4 Å². The van der Waals surface area contributed by atoms with E-state index < -0.39 is 43.4 Å². The maximum absolute atomic E-state index is 12.7. The van der Waals surface area contributed by atoms with Crippen LogP contribution in [-0.2, 0) is 23.7 Å². The molecule has 1 aliphatic heterocycles. The van der Waals surface area contributed by atoms with E-state index in [1.807, 2.05) is 0 Å². The number of hydrogen-bond donors (Lipinski definition) is 4. The molecule has 1 saturated heterocycles. The van der Waals surface area contributed by atoms with Crippen LogP contribution in [0.15, 0.2) is 48.6 Å². The molecule has 0 aromatic carbocycles. The van der Waals surface area contributed by atoms with Crippen molar-refractivity contribution in [2.24, 2.45) is 0 Å². The lowest BCUT2D eigenvalue weighted by Gasteiger charge is -2.39. The molecule has 0 saturated carbocycles. The third kappa shape index (κ3) is 29.4. The van der Waals surface area contributed by atoms with Crippen LogP contribution in [0, 0.1) is 0 Å². The number of hydrogen-bond acceptors (Lipinski definition) is 9. The molecular weight excluding hydrogens is 709 g/mol. The lowest BCUT2D eigenvalue weighted by atomic mass is 9.99. The predicted octanol–water partition coefficient (Wildman–Crippen LogP) is 10.1. The molecule has 326 valence electrons. The number of unbranched alkanes of at least 4 members (excludes halogenated alkanes) is 19. The fourth-order valence-electron chi connectivity index (χ4n) is 6.61. The first-order valence-corrected chi connectivity index (χ1v) is 22.7. The minimum absolute atomic E-state index is 0.122.